The molecule has 32 heavy (non-hydrogen) atoms. The Labute approximate surface area is 247 Å². The molecule has 0 aromatic carbocycles. The van der Waals surface area contributed by atoms with Gasteiger partial charge in [-0.1, -0.05) is 117 Å². The van der Waals surface area contributed by atoms with Crippen molar-refractivity contribution in [2.75, 3.05) is 6.61 Å². The summed E-state index contributed by atoms with van der Waals surface area (Å²) in [5, 5.41) is 7.57. The molecule has 1 N–H and O–H groups in total. The molecule has 0 radical (unpaired) electrons. The van der Waals surface area contributed by atoms with Crippen molar-refractivity contribution in [3.8, 4) is 0 Å². The first-order chi connectivity index (χ1) is 13.4. The zero-order valence-corrected chi connectivity index (χ0v) is 30.8. The Kier molecular flexibility index (Phi) is 57.2. The number of rotatable bonds is 3. The van der Waals surface area contributed by atoms with E-state index in [4.69, 9.17) is 34.2 Å². The van der Waals surface area contributed by atoms with Gasteiger partial charge in [0.05, 0.1) is 0 Å². The van der Waals surface area contributed by atoms with Gasteiger partial charge in [0, 0.05) is 26.1 Å². The quantitative estimate of drug-likeness (QED) is 0.225. The first-order valence-corrected chi connectivity index (χ1v) is 18.4. The zero-order valence-electron chi connectivity index (χ0n) is 22.0. The Bertz CT molecular complexity index is 246. The fourth-order valence-electron chi connectivity index (χ4n) is 4.26. The fraction of sp³-hybridized carbons (Fsp3) is 0.920. The van der Waals surface area contributed by atoms with Crippen LogP contribution in [0.3, 0.4) is 0 Å². The zero-order chi connectivity index (χ0) is 21.6. The summed E-state index contributed by atoms with van der Waals surface area (Å²) in [6.07, 6.45) is 22.3. The third kappa shape index (κ3) is 37.3. The standard InChI is InChI=1S/3C7H14.C2H6O.2CH3.3ClH.2Ru.Zn/c3*1-2-7-5-3-4-6-7;1-2-3;;;;;;;;/h3*7H,2-6H2,1H3;3H,2H2,1H3;2*1H3;3*1H;;;/q;;;;2*-1;;;;+2;+3;/p-3. The predicted molar refractivity (Wildman–Crippen MR) is 140 cm³/mol. The minimum absolute atomic E-state index is 0. The van der Waals surface area contributed by atoms with Crippen LogP contribution in [0.1, 0.15) is 124 Å². The molecule has 0 atom stereocenters. The van der Waals surface area contributed by atoms with Crippen molar-refractivity contribution < 1.29 is 57.0 Å². The van der Waals surface area contributed by atoms with Gasteiger partial charge in [-0.25, -0.2) is 0 Å². The van der Waals surface area contributed by atoms with Crippen molar-refractivity contribution in [3.05, 3.63) is 14.9 Å². The Morgan fingerprint density at radius 1 is 0.594 bits per heavy atom. The third-order valence-corrected chi connectivity index (χ3v) is 6.16. The number of aliphatic hydroxyl groups excluding tert-OH is 1. The van der Waals surface area contributed by atoms with E-state index in [2.05, 4.69) is 20.8 Å². The van der Waals surface area contributed by atoms with Crippen LogP contribution in [0.5, 0.6) is 0 Å². The summed E-state index contributed by atoms with van der Waals surface area (Å²) in [6.45, 7) is 8.84. The molecule has 1 nitrogen and oxygen atoms in total. The van der Waals surface area contributed by atoms with Gasteiger partial charge in [-0.3, -0.25) is 0 Å². The maximum Gasteiger partial charge on any atom is 2.00 e. The van der Waals surface area contributed by atoms with E-state index in [1.54, 1.807) is 6.92 Å². The van der Waals surface area contributed by atoms with Crippen molar-refractivity contribution in [1.82, 2.24) is 0 Å². The summed E-state index contributed by atoms with van der Waals surface area (Å²) in [5.74, 6) is 3.29. The van der Waals surface area contributed by atoms with Gasteiger partial charge >= 0.3 is 61.5 Å². The van der Waals surface area contributed by atoms with Crippen molar-refractivity contribution in [2.45, 2.75) is 124 Å². The SMILES string of the molecule is CCC1CCCC1.CCC1CCCC1.CCC1CCCC1.CCO.[CH3-].[CH3-].[Cl][Ru]([Cl])[Cl].[Ru+2].[Zn]. The second-order valence-corrected chi connectivity index (χ2v) is 16.1. The second kappa shape index (κ2) is 38.2. The Balaban J connectivity index is -0.0000000660. The normalized spacial score (nSPS) is 17.4. The molecule has 0 aliphatic heterocycles. The monoisotopic (exact) mass is 743 g/mol. The van der Waals surface area contributed by atoms with Crippen molar-refractivity contribution in [1.29, 1.82) is 0 Å². The van der Waals surface area contributed by atoms with Crippen LogP contribution in [0.2, 0.25) is 0 Å². The molecule has 3 saturated carbocycles. The summed E-state index contributed by atoms with van der Waals surface area (Å²) in [5.41, 5.74) is 0. The first-order valence-electron chi connectivity index (χ1n) is 11.7. The Morgan fingerprint density at radius 2 is 0.719 bits per heavy atom. The number of aliphatic hydroxyl groups is 1. The van der Waals surface area contributed by atoms with E-state index in [-0.39, 0.29) is 60.4 Å². The summed E-state index contributed by atoms with van der Waals surface area (Å²) < 4.78 is 0. The van der Waals surface area contributed by atoms with Crippen LogP contribution >= 0.6 is 29.1 Å². The molecule has 0 aromatic heterocycles. The molecule has 3 aliphatic carbocycles. The predicted octanol–water partition coefficient (Wildman–Crippen LogP) is 10.7. The molecular weight excluding hydrogens is 690 g/mol. The maximum atomic E-state index is 7.57. The van der Waals surface area contributed by atoms with E-state index in [0.29, 0.717) is 0 Å². The maximum absolute atomic E-state index is 7.57. The van der Waals surface area contributed by atoms with Crippen molar-refractivity contribution in [3.63, 3.8) is 0 Å². The van der Waals surface area contributed by atoms with Gasteiger partial charge in [0.2, 0.25) is 0 Å². The van der Waals surface area contributed by atoms with E-state index >= 15 is 0 Å². The summed E-state index contributed by atoms with van der Waals surface area (Å²) in [7, 11) is 14.8. The van der Waals surface area contributed by atoms with Gasteiger partial charge in [-0.2, -0.15) is 0 Å². The van der Waals surface area contributed by atoms with Gasteiger partial charge in [0.1, 0.15) is 0 Å². The number of halogens is 3. The minimum atomic E-state index is -1.75. The molecule has 0 bridgehead atoms. The number of hydrogen-bond donors (Lipinski definition) is 1. The largest absolute Gasteiger partial charge is 2.00 e. The van der Waals surface area contributed by atoms with Crippen LogP contribution in [0.4, 0.5) is 0 Å². The Hall–Kier alpha value is 2.70. The van der Waals surface area contributed by atoms with Crippen LogP contribution in [0, 0.1) is 32.6 Å². The average molecular weight is 745 g/mol. The van der Waals surface area contributed by atoms with Crippen LogP contribution in [-0.4, -0.2) is 11.7 Å². The number of hydrogen-bond acceptors (Lipinski definition) is 1. The van der Waals surface area contributed by atoms with Gasteiger partial charge in [0.25, 0.3) is 0 Å². The molecule has 3 rings (SSSR count). The van der Waals surface area contributed by atoms with E-state index < -0.39 is 13.0 Å². The van der Waals surface area contributed by atoms with Crippen molar-refractivity contribution in [2.24, 2.45) is 17.8 Å². The van der Waals surface area contributed by atoms with Crippen LogP contribution < -0.4 is 0 Å². The van der Waals surface area contributed by atoms with E-state index in [1.165, 1.54) is 96.3 Å². The second-order valence-electron chi connectivity index (χ2n) is 8.14. The van der Waals surface area contributed by atoms with Gasteiger partial charge < -0.3 is 20.0 Å². The van der Waals surface area contributed by atoms with Crippen LogP contribution in [-0.2, 0) is 51.9 Å². The topological polar surface area (TPSA) is 20.2 Å². The fourth-order valence-corrected chi connectivity index (χ4v) is 4.26. The molecule has 0 aromatic rings. The molecular formula is C25H54Cl3ORu2Zn. The average Bonchev–Trinajstić information content (AvgIpc) is 3.46. The summed E-state index contributed by atoms with van der Waals surface area (Å²) >= 11 is -1.75. The van der Waals surface area contributed by atoms with E-state index in [1.807, 2.05) is 0 Å². The van der Waals surface area contributed by atoms with Crippen LogP contribution in [0.15, 0.2) is 0 Å². The smallest absolute Gasteiger partial charge is 0 e. The van der Waals surface area contributed by atoms with Gasteiger partial charge in [0.15, 0.2) is 0 Å². The Morgan fingerprint density at radius 3 is 0.781 bits per heavy atom. The summed E-state index contributed by atoms with van der Waals surface area (Å²) in [6, 6.07) is 0. The van der Waals surface area contributed by atoms with Crippen molar-refractivity contribution >= 4 is 29.1 Å². The van der Waals surface area contributed by atoms with E-state index in [9.17, 15) is 0 Å². The summed E-state index contributed by atoms with van der Waals surface area (Å²) in [4.78, 5) is 0. The van der Waals surface area contributed by atoms with Gasteiger partial charge in [-0.05, 0) is 24.7 Å². The molecule has 0 saturated heterocycles. The molecule has 3 aliphatic rings. The third-order valence-electron chi connectivity index (χ3n) is 6.16. The van der Waals surface area contributed by atoms with E-state index in [0.717, 1.165) is 17.8 Å². The molecule has 7 heteroatoms. The minimum Gasteiger partial charge on any atom is 0 e. The molecule has 0 amide bonds. The van der Waals surface area contributed by atoms with Gasteiger partial charge in [-0.15, -0.1) is 0 Å². The molecule has 0 spiro atoms. The molecule has 0 unspecified atom stereocenters. The first kappa shape index (κ1) is 47.8. The van der Waals surface area contributed by atoms with Crippen LogP contribution in [0.25, 0.3) is 0 Å². The molecule has 0 heterocycles. The molecule has 3 fully saturated rings. The molecule has 199 valence electrons.